The molecule has 0 amide bonds. The number of rotatable bonds is 6. The maximum absolute atomic E-state index is 10.6. The van der Waals surface area contributed by atoms with Gasteiger partial charge in [0, 0.05) is 11.1 Å². The predicted molar refractivity (Wildman–Crippen MR) is 134 cm³/mol. The van der Waals surface area contributed by atoms with Gasteiger partial charge in [-0.3, -0.25) is 19.2 Å². The average molecular weight is 481 g/mol. The van der Waals surface area contributed by atoms with Crippen LogP contribution in [0, 0.1) is 0 Å². The van der Waals surface area contributed by atoms with Crippen molar-refractivity contribution in [2.45, 2.75) is 54.9 Å². The van der Waals surface area contributed by atoms with E-state index < -0.39 is 17.2 Å². The number of hydrogen-bond donors (Lipinski definition) is 0. The largest absolute Gasteiger partial charge is 0.466 e. The van der Waals surface area contributed by atoms with Gasteiger partial charge in [-0.05, 0) is 32.4 Å². The van der Waals surface area contributed by atoms with Crippen molar-refractivity contribution in [3.8, 4) is 0 Å². The van der Waals surface area contributed by atoms with Gasteiger partial charge in [0.15, 0.2) is 5.78 Å². The number of benzene rings is 2. The molecule has 0 saturated carbocycles. The smallest absolute Gasteiger partial charge is 0.317 e. The molecule has 0 aromatic heterocycles. The first kappa shape index (κ1) is 34.6. The first-order valence-electron chi connectivity index (χ1n) is 10.9. The van der Waals surface area contributed by atoms with Crippen LogP contribution >= 0.6 is 11.6 Å². The van der Waals surface area contributed by atoms with E-state index in [1.54, 1.807) is 45.0 Å². The highest BCUT2D eigenvalue weighted by atomic mass is 35.5. The van der Waals surface area contributed by atoms with Crippen LogP contribution < -0.4 is 0 Å². The highest BCUT2D eigenvalue weighted by molar-refractivity contribution is 6.67. The van der Waals surface area contributed by atoms with E-state index >= 15 is 0 Å². The molecule has 0 N–H and O–H groups in total. The Morgan fingerprint density at radius 1 is 0.667 bits per heavy atom. The van der Waals surface area contributed by atoms with Gasteiger partial charge in [0.2, 0.25) is 0 Å². The van der Waals surface area contributed by atoms with Crippen molar-refractivity contribution in [2.75, 3.05) is 13.2 Å². The molecule has 184 valence electrons. The molecular formula is C26H37ClO6. The lowest BCUT2D eigenvalue weighted by atomic mass is 10.2. The summed E-state index contributed by atoms with van der Waals surface area (Å²) < 4.78 is 9.04. The van der Waals surface area contributed by atoms with Crippen molar-refractivity contribution < 1.29 is 28.7 Å². The molecule has 0 spiro atoms. The zero-order chi connectivity index (χ0) is 26.1. The van der Waals surface area contributed by atoms with Gasteiger partial charge < -0.3 is 9.47 Å². The fraction of sp³-hybridized carbons (Fsp3) is 0.385. The van der Waals surface area contributed by atoms with E-state index in [-0.39, 0.29) is 25.4 Å². The van der Waals surface area contributed by atoms with Crippen molar-refractivity contribution in [3.63, 3.8) is 0 Å². The minimum Gasteiger partial charge on any atom is -0.466 e. The first-order chi connectivity index (χ1) is 15.8. The quantitative estimate of drug-likeness (QED) is 0.203. The van der Waals surface area contributed by atoms with Crippen molar-refractivity contribution in [3.05, 3.63) is 71.8 Å². The molecule has 7 heteroatoms. The molecule has 2 rings (SSSR count). The molecule has 0 aliphatic heterocycles. The monoisotopic (exact) mass is 480 g/mol. The molecule has 0 fully saturated rings. The van der Waals surface area contributed by atoms with Gasteiger partial charge in [-0.25, -0.2) is 0 Å². The SMILES string of the molecule is CC.CC.CC(=O)c1ccccc1.CCOC(=O)CC(=O)OCC.O=C(Cl)c1ccccc1. The maximum atomic E-state index is 10.6. The summed E-state index contributed by atoms with van der Waals surface area (Å²) in [7, 11) is 0. The third-order valence-corrected chi connectivity index (χ3v) is 3.30. The molecule has 2 aromatic rings. The highest BCUT2D eigenvalue weighted by Gasteiger charge is 2.09. The van der Waals surface area contributed by atoms with Crippen molar-refractivity contribution in [2.24, 2.45) is 0 Å². The summed E-state index contributed by atoms with van der Waals surface area (Å²) in [6, 6.07) is 18.0. The van der Waals surface area contributed by atoms with E-state index in [4.69, 9.17) is 11.6 Å². The summed E-state index contributed by atoms with van der Waals surface area (Å²) in [6.07, 6.45) is -0.290. The zero-order valence-electron chi connectivity index (χ0n) is 20.7. The number of ether oxygens (including phenoxy) is 2. The van der Waals surface area contributed by atoms with Gasteiger partial charge in [0.25, 0.3) is 5.24 Å². The van der Waals surface area contributed by atoms with Gasteiger partial charge in [0.05, 0.1) is 13.2 Å². The van der Waals surface area contributed by atoms with E-state index in [1.165, 1.54) is 0 Å². The van der Waals surface area contributed by atoms with Gasteiger partial charge >= 0.3 is 11.9 Å². The molecule has 0 aliphatic carbocycles. The summed E-state index contributed by atoms with van der Waals surface area (Å²) in [4.78, 5) is 42.3. The number of carbonyl (C=O) groups excluding carboxylic acids is 4. The lowest BCUT2D eigenvalue weighted by Gasteiger charge is -2.00. The van der Waals surface area contributed by atoms with Gasteiger partial charge in [-0.1, -0.05) is 88.4 Å². The Morgan fingerprint density at radius 3 is 1.21 bits per heavy atom. The highest BCUT2D eigenvalue weighted by Crippen LogP contribution is 2.01. The number of hydrogen-bond acceptors (Lipinski definition) is 6. The summed E-state index contributed by atoms with van der Waals surface area (Å²) in [6.45, 7) is 13.5. The second-order valence-corrected chi connectivity index (χ2v) is 5.69. The summed E-state index contributed by atoms with van der Waals surface area (Å²) in [5.41, 5.74) is 1.32. The van der Waals surface area contributed by atoms with Crippen LogP contribution in [0.2, 0.25) is 0 Å². The fourth-order valence-electron chi connectivity index (χ4n) is 1.78. The van der Waals surface area contributed by atoms with Crippen LogP contribution in [-0.4, -0.2) is 36.2 Å². The number of carbonyl (C=O) groups is 4. The number of esters is 2. The Hall–Kier alpha value is -2.99. The van der Waals surface area contributed by atoms with Crippen molar-refractivity contribution >= 4 is 34.6 Å². The van der Waals surface area contributed by atoms with Crippen LogP contribution in [0.25, 0.3) is 0 Å². The molecule has 2 aromatic carbocycles. The van der Waals surface area contributed by atoms with E-state index in [0.717, 1.165) is 5.56 Å². The first-order valence-corrected chi connectivity index (χ1v) is 11.3. The topological polar surface area (TPSA) is 86.7 Å². The average Bonchev–Trinajstić information content (AvgIpc) is 2.84. The van der Waals surface area contributed by atoms with Crippen molar-refractivity contribution in [1.29, 1.82) is 0 Å². The standard InChI is InChI=1S/C8H8O.C7H5ClO.C7H12O4.2C2H6/c1-7(9)8-5-3-2-4-6-8;8-7(9)6-4-2-1-3-5-6;1-3-10-6(8)5-7(9)11-4-2;2*1-2/h2-6H,1H3;1-5H;3-5H2,1-2H3;2*1-2H3. The second-order valence-electron chi connectivity index (χ2n) is 5.35. The van der Waals surface area contributed by atoms with Gasteiger partial charge in [-0.15, -0.1) is 0 Å². The fourth-order valence-corrected chi connectivity index (χ4v) is 1.91. The lowest BCUT2D eigenvalue weighted by Crippen LogP contribution is -2.13. The minimum atomic E-state index is -0.536. The number of halogens is 1. The number of Topliss-reactive ketones (excluding diaryl/α,β-unsaturated/α-hetero) is 1. The Kier molecular flexibility index (Phi) is 26.5. The summed E-state index contributed by atoms with van der Waals surface area (Å²) in [5.74, 6) is -0.951. The molecule has 0 bridgehead atoms. The van der Waals surface area contributed by atoms with Crippen LogP contribution in [0.5, 0.6) is 0 Å². The third-order valence-electron chi connectivity index (χ3n) is 3.08. The van der Waals surface area contributed by atoms with E-state index in [2.05, 4.69) is 9.47 Å². The van der Waals surface area contributed by atoms with Crippen LogP contribution in [0.1, 0.15) is 75.6 Å². The Labute approximate surface area is 203 Å². The number of ketones is 1. The molecule has 0 heterocycles. The van der Waals surface area contributed by atoms with Crippen LogP contribution in [0.15, 0.2) is 60.7 Å². The molecule has 0 saturated heterocycles. The van der Waals surface area contributed by atoms with E-state index in [0.29, 0.717) is 5.56 Å². The van der Waals surface area contributed by atoms with E-state index in [1.807, 2.05) is 64.1 Å². The van der Waals surface area contributed by atoms with Gasteiger partial charge in [0.1, 0.15) is 6.42 Å². The van der Waals surface area contributed by atoms with Crippen LogP contribution in [-0.2, 0) is 19.1 Å². The summed E-state index contributed by atoms with van der Waals surface area (Å²) >= 11 is 5.16. The summed E-state index contributed by atoms with van der Waals surface area (Å²) in [5, 5.41) is -0.407. The maximum Gasteiger partial charge on any atom is 0.317 e. The molecule has 0 radical (unpaired) electrons. The minimum absolute atomic E-state index is 0.121. The lowest BCUT2D eigenvalue weighted by molar-refractivity contribution is -0.153. The zero-order valence-corrected chi connectivity index (χ0v) is 21.5. The van der Waals surface area contributed by atoms with Gasteiger partial charge in [-0.2, -0.15) is 0 Å². The Bertz CT molecular complexity index is 695. The van der Waals surface area contributed by atoms with Crippen LogP contribution in [0.4, 0.5) is 0 Å². The van der Waals surface area contributed by atoms with E-state index in [9.17, 15) is 19.2 Å². The van der Waals surface area contributed by atoms with Crippen LogP contribution in [0.3, 0.4) is 0 Å². The normalized spacial score (nSPS) is 8.24. The molecule has 6 nitrogen and oxygen atoms in total. The molecule has 0 aliphatic rings. The Balaban J connectivity index is -0.000000381. The van der Waals surface area contributed by atoms with Crippen molar-refractivity contribution in [1.82, 2.24) is 0 Å². The molecule has 33 heavy (non-hydrogen) atoms. The Morgan fingerprint density at radius 2 is 1.00 bits per heavy atom. The molecule has 0 unspecified atom stereocenters. The predicted octanol–water partition coefficient (Wildman–Crippen LogP) is 6.51. The molecule has 0 atom stereocenters. The second kappa shape index (κ2) is 25.3. The molecular weight excluding hydrogens is 444 g/mol. The third kappa shape index (κ3) is 22.0.